The highest BCUT2D eigenvalue weighted by atomic mass is 35.5. The quantitative estimate of drug-likeness (QED) is 0.103. The van der Waals surface area contributed by atoms with Crippen molar-refractivity contribution in [3.05, 3.63) is 92.2 Å². The van der Waals surface area contributed by atoms with Gasteiger partial charge in [0.25, 0.3) is 0 Å². The van der Waals surface area contributed by atoms with E-state index in [2.05, 4.69) is 15.8 Å². The lowest BCUT2D eigenvalue weighted by atomic mass is 10.2. The van der Waals surface area contributed by atoms with E-state index in [9.17, 15) is 14.4 Å². The first-order valence-corrected chi connectivity index (χ1v) is 11.9. The number of thiophene rings is 1. The number of hydrazone groups is 1. The van der Waals surface area contributed by atoms with Crippen molar-refractivity contribution < 1.29 is 19.1 Å². The minimum atomic E-state index is -0.974. The average Bonchev–Trinajstić information content (AvgIpc) is 3.19. The molecule has 4 rings (SSSR count). The fraction of sp³-hybridized carbons (Fsp3) is 0. The number of benzene rings is 3. The number of rotatable bonds is 5. The van der Waals surface area contributed by atoms with E-state index in [1.165, 1.54) is 35.8 Å². The molecular weight excluding hydrogens is 533 g/mol. The molecular formula is C24H14Cl3N3O4S. The van der Waals surface area contributed by atoms with Crippen molar-refractivity contribution in [1.82, 2.24) is 5.43 Å². The van der Waals surface area contributed by atoms with Gasteiger partial charge in [0.05, 0.1) is 21.3 Å². The maximum absolute atomic E-state index is 12.5. The van der Waals surface area contributed by atoms with E-state index in [1.54, 1.807) is 24.3 Å². The Bertz CT molecular complexity index is 1470. The van der Waals surface area contributed by atoms with Crippen molar-refractivity contribution >= 4 is 85.9 Å². The lowest BCUT2D eigenvalue weighted by Crippen LogP contribution is -2.32. The molecule has 0 bridgehead atoms. The number of anilines is 1. The van der Waals surface area contributed by atoms with E-state index < -0.39 is 17.8 Å². The molecule has 0 spiro atoms. The average molecular weight is 547 g/mol. The summed E-state index contributed by atoms with van der Waals surface area (Å²) < 4.78 is 6.31. The molecule has 0 saturated carbocycles. The first kappa shape index (κ1) is 24.7. The largest absolute Gasteiger partial charge is 0.422 e. The first-order chi connectivity index (χ1) is 16.8. The number of halogens is 3. The molecule has 176 valence electrons. The maximum atomic E-state index is 12.5. The summed E-state index contributed by atoms with van der Waals surface area (Å²) in [4.78, 5) is 36.8. The molecule has 2 amide bonds. The Morgan fingerprint density at radius 1 is 0.886 bits per heavy atom. The lowest BCUT2D eigenvalue weighted by Gasteiger charge is -2.05. The molecule has 2 N–H and O–H groups in total. The third kappa shape index (κ3) is 5.98. The lowest BCUT2D eigenvalue weighted by molar-refractivity contribution is -0.136. The van der Waals surface area contributed by atoms with Gasteiger partial charge in [0.1, 0.15) is 10.6 Å². The Labute approximate surface area is 218 Å². The number of fused-ring (bicyclic) bond motifs is 1. The molecule has 0 aliphatic heterocycles. The van der Waals surface area contributed by atoms with E-state index in [0.29, 0.717) is 31.9 Å². The van der Waals surface area contributed by atoms with E-state index in [-0.39, 0.29) is 5.02 Å². The van der Waals surface area contributed by atoms with Gasteiger partial charge >= 0.3 is 17.8 Å². The van der Waals surface area contributed by atoms with Crippen molar-refractivity contribution in [2.45, 2.75) is 0 Å². The smallest absolute Gasteiger partial charge is 0.355 e. The molecule has 11 heteroatoms. The molecule has 0 saturated heterocycles. The van der Waals surface area contributed by atoms with Crippen LogP contribution in [0.5, 0.6) is 5.75 Å². The van der Waals surface area contributed by atoms with E-state index in [1.807, 2.05) is 24.3 Å². The van der Waals surface area contributed by atoms with Gasteiger partial charge < -0.3 is 10.1 Å². The zero-order chi connectivity index (χ0) is 24.9. The molecule has 1 aromatic heterocycles. The topological polar surface area (TPSA) is 96.9 Å². The fourth-order valence-electron chi connectivity index (χ4n) is 2.90. The Balaban J connectivity index is 1.32. The van der Waals surface area contributed by atoms with Gasteiger partial charge in [0.2, 0.25) is 0 Å². The summed E-state index contributed by atoms with van der Waals surface area (Å²) in [5, 5.41) is 7.86. The number of carbonyl (C=O) groups excluding carboxylic acids is 3. The molecule has 3 aromatic carbocycles. The van der Waals surface area contributed by atoms with Crippen LogP contribution in [-0.4, -0.2) is 24.0 Å². The van der Waals surface area contributed by atoms with Crippen LogP contribution in [0.15, 0.2) is 71.8 Å². The van der Waals surface area contributed by atoms with Gasteiger partial charge in [-0.25, -0.2) is 10.2 Å². The van der Waals surface area contributed by atoms with Crippen LogP contribution in [0.2, 0.25) is 15.1 Å². The van der Waals surface area contributed by atoms with Crippen LogP contribution >= 0.6 is 46.1 Å². The minimum Gasteiger partial charge on any atom is -0.422 e. The fourth-order valence-corrected chi connectivity index (χ4v) is 4.58. The number of hydrogen-bond donors (Lipinski definition) is 2. The van der Waals surface area contributed by atoms with Crippen molar-refractivity contribution in [3.63, 3.8) is 0 Å². The predicted octanol–water partition coefficient (Wildman–Crippen LogP) is 6.17. The van der Waals surface area contributed by atoms with Crippen LogP contribution in [0, 0.1) is 0 Å². The number of nitrogens with one attached hydrogen (secondary N) is 2. The Hall–Kier alpha value is -3.43. The van der Waals surface area contributed by atoms with Crippen molar-refractivity contribution in [2.75, 3.05) is 5.32 Å². The number of esters is 1. The third-order valence-corrected chi connectivity index (χ3v) is 6.97. The summed E-state index contributed by atoms with van der Waals surface area (Å²) in [5.74, 6) is -2.15. The molecule has 0 radical (unpaired) electrons. The predicted molar refractivity (Wildman–Crippen MR) is 139 cm³/mol. The van der Waals surface area contributed by atoms with Crippen molar-refractivity contribution in [3.8, 4) is 5.75 Å². The number of nitrogens with zero attached hydrogens (tertiary/aromatic N) is 1. The van der Waals surface area contributed by atoms with Gasteiger partial charge in [-0.2, -0.15) is 5.10 Å². The van der Waals surface area contributed by atoms with Gasteiger partial charge in [-0.05, 0) is 54.1 Å². The molecule has 4 aromatic rings. The number of ether oxygens (including phenoxy) is 1. The summed E-state index contributed by atoms with van der Waals surface area (Å²) in [7, 11) is 0. The zero-order valence-corrected chi connectivity index (χ0v) is 20.6. The van der Waals surface area contributed by atoms with Crippen LogP contribution in [0.1, 0.15) is 15.2 Å². The van der Waals surface area contributed by atoms with Crippen LogP contribution < -0.4 is 15.5 Å². The summed E-state index contributed by atoms with van der Waals surface area (Å²) in [6, 6.07) is 18.2. The van der Waals surface area contributed by atoms with Crippen LogP contribution in [-0.2, 0) is 9.59 Å². The number of carbonyl (C=O) groups is 3. The van der Waals surface area contributed by atoms with Gasteiger partial charge in [-0.3, -0.25) is 9.59 Å². The summed E-state index contributed by atoms with van der Waals surface area (Å²) in [6.07, 6.45) is 1.33. The zero-order valence-electron chi connectivity index (χ0n) is 17.6. The second-order valence-corrected chi connectivity index (χ2v) is 9.23. The standard InChI is InChI=1S/C24H14Cl3N3O4S/c25-17-10-7-14(11-18(17)26)29-22(31)23(32)30-28-12-13-5-8-15(9-6-13)34-24(33)21-20(27)16-3-1-2-4-19(16)35-21/h1-12H,(H,29,31)(H,30,32)/b28-12+. The highest BCUT2D eigenvalue weighted by Gasteiger charge is 2.19. The van der Waals surface area contributed by atoms with E-state index in [0.717, 1.165) is 10.1 Å². The Morgan fingerprint density at radius 3 is 2.34 bits per heavy atom. The molecule has 35 heavy (non-hydrogen) atoms. The minimum absolute atomic E-state index is 0.240. The van der Waals surface area contributed by atoms with Gasteiger partial charge in [0, 0.05) is 15.8 Å². The van der Waals surface area contributed by atoms with Crippen molar-refractivity contribution in [2.24, 2.45) is 5.10 Å². The Morgan fingerprint density at radius 2 is 1.63 bits per heavy atom. The molecule has 7 nitrogen and oxygen atoms in total. The van der Waals surface area contributed by atoms with Gasteiger partial charge in [-0.15, -0.1) is 11.3 Å². The summed E-state index contributed by atoms with van der Waals surface area (Å²) in [6.45, 7) is 0. The molecule has 0 unspecified atom stereocenters. The van der Waals surface area contributed by atoms with Gasteiger partial charge in [0.15, 0.2) is 0 Å². The summed E-state index contributed by atoms with van der Waals surface area (Å²) in [5.41, 5.74) is 3.03. The highest BCUT2D eigenvalue weighted by molar-refractivity contribution is 7.21. The maximum Gasteiger partial charge on any atom is 0.355 e. The molecule has 0 atom stereocenters. The second kappa shape index (κ2) is 10.9. The van der Waals surface area contributed by atoms with Crippen LogP contribution in [0.4, 0.5) is 5.69 Å². The van der Waals surface area contributed by atoms with Crippen molar-refractivity contribution in [1.29, 1.82) is 0 Å². The molecule has 0 fully saturated rings. The third-order valence-electron chi connectivity index (χ3n) is 4.57. The van der Waals surface area contributed by atoms with E-state index in [4.69, 9.17) is 39.5 Å². The first-order valence-electron chi connectivity index (χ1n) is 9.90. The van der Waals surface area contributed by atoms with Crippen LogP contribution in [0.3, 0.4) is 0 Å². The van der Waals surface area contributed by atoms with Crippen LogP contribution in [0.25, 0.3) is 10.1 Å². The highest BCUT2D eigenvalue weighted by Crippen LogP contribution is 2.35. The molecule has 1 heterocycles. The Kier molecular flexibility index (Phi) is 7.67. The molecule has 0 aliphatic carbocycles. The van der Waals surface area contributed by atoms with E-state index >= 15 is 0 Å². The monoisotopic (exact) mass is 545 g/mol. The molecule has 0 aliphatic rings. The SMILES string of the molecule is O=C(N/N=C/c1ccc(OC(=O)c2sc3ccccc3c2Cl)cc1)C(=O)Nc1ccc(Cl)c(Cl)c1. The summed E-state index contributed by atoms with van der Waals surface area (Å²) >= 11 is 19.3. The second-order valence-electron chi connectivity index (χ2n) is 6.98. The number of hydrogen-bond acceptors (Lipinski definition) is 6. The van der Waals surface area contributed by atoms with Gasteiger partial charge in [-0.1, -0.05) is 53.0 Å². The normalized spacial score (nSPS) is 10.9. The number of amides is 2.